The van der Waals surface area contributed by atoms with Crippen LogP contribution >= 0.6 is 0 Å². The van der Waals surface area contributed by atoms with Crippen LogP contribution < -0.4 is 0 Å². The predicted molar refractivity (Wildman–Crippen MR) is 59.3 cm³/mol. The number of amides is 1. The molecule has 0 N–H and O–H groups in total. The summed E-state index contributed by atoms with van der Waals surface area (Å²) in [5, 5.41) is 0. The SMILES string of the molecule is C=CC(=O)N1CC(C)(F)CC1CC(C)C. The molecular formula is C12H20FNO. The molecule has 1 saturated heterocycles. The van der Waals surface area contributed by atoms with Gasteiger partial charge in [-0.15, -0.1) is 0 Å². The van der Waals surface area contributed by atoms with Crippen LogP contribution in [0.2, 0.25) is 0 Å². The van der Waals surface area contributed by atoms with E-state index in [4.69, 9.17) is 0 Å². The van der Waals surface area contributed by atoms with Gasteiger partial charge in [-0.1, -0.05) is 20.4 Å². The molecule has 86 valence electrons. The monoisotopic (exact) mass is 213 g/mol. The third-order valence-corrected chi connectivity index (χ3v) is 2.80. The van der Waals surface area contributed by atoms with Gasteiger partial charge in [-0.05, 0) is 25.3 Å². The lowest BCUT2D eigenvalue weighted by Gasteiger charge is -2.24. The van der Waals surface area contributed by atoms with Gasteiger partial charge in [0.2, 0.25) is 5.91 Å². The van der Waals surface area contributed by atoms with Gasteiger partial charge in [-0.3, -0.25) is 4.79 Å². The van der Waals surface area contributed by atoms with Crippen LogP contribution in [0.3, 0.4) is 0 Å². The lowest BCUT2D eigenvalue weighted by Crippen LogP contribution is -2.36. The Kier molecular flexibility index (Phi) is 3.53. The van der Waals surface area contributed by atoms with Crippen LogP contribution in [0.5, 0.6) is 0 Å². The highest BCUT2D eigenvalue weighted by Crippen LogP contribution is 2.33. The first kappa shape index (κ1) is 12.2. The zero-order valence-electron chi connectivity index (χ0n) is 9.79. The van der Waals surface area contributed by atoms with Gasteiger partial charge in [0.1, 0.15) is 5.67 Å². The molecule has 0 radical (unpaired) electrons. The van der Waals surface area contributed by atoms with Crippen molar-refractivity contribution in [3.63, 3.8) is 0 Å². The minimum atomic E-state index is -1.24. The van der Waals surface area contributed by atoms with Crippen LogP contribution in [-0.2, 0) is 4.79 Å². The van der Waals surface area contributed by atoms with E-state index in [0.717, 1.165) is 6.42 Å². The predicted octanol–water partition coefficient (Wildman–Crippen LogP) is 2.55. The maximum Gasteiger partial charge on any atom is 0.246 e. The summed E-state index contributed by atoms with van der Waals surface area (Å²) in [6.45, 7) is 9.40. The first-order valence-corrected chi connectivity index (χ1v) is 5.47. The smallest absolute Gasteiger partial charge is 0.246 e. The summed E-state index contributed by atoms with van der Waals surface area (Å²) in [5.41, 5.74) is -1.24. The maximum atomic E-state index is 13.8. The molecule has 3 heteroatoms. The van der Waals surface area contributed by atoms with Gasteiger partial charge in [0.05, 0.1) is 6.54 Å². The molecule has 1 heterocycles. The molecule has 2 atom stereocenters. The van der Waals surface area contributed by atoms with E-state index in [1.807, 2.05) is 0 Å². The largest absolute Gasteiger partial charge is 0.333 e. The van der Waals surface area contributed by atoms with Gasteiger partial charge in [0.15, 0.2) is 0 Å². The number of carbonyl (C=O) groups is 1. The van der Waals surface area contributed by atoms with Crippen molar-refractivity contribution in [2.75, 3.05) is 6.54 Å². The van der Waals surface area contributed by atoms with Crippen molar-refractivity contribution in [3.05, 3.63) is 12.7 Å². The van der Waals surface area contributed by atoms with Gasteiger partial charge < -0.3 is 4.90 Å². The number of hydrogen-bond donors (Lipinski definition) is 0. The summed E-state index contributed by atoms with van der Waals surface area (Å²) in [4.78, 5) is 13.2. The molecule has 0 aromatic rings. The van der Waals surface area contributed by atoms with Crippen molar-refractivity contribution < 1.29 is 9.18 Å². The number of carbonyl (C=O) groups excluding carboxylic acids is 1. The lowest BCUT2D eigenvalue weighted by atomic mass is 9.98. The third kappa shape index (κ3) is 3.05. The van der Waals surface area contributed by atoms with E-state index in [1.54, 1.807) is 11.8 Å². The number of rotatable bonds is 3. The van der Waals surface area contributed by atoms with Crippen LogP contribution in [0, 0.1) is 5.92 Å². The van der Waals surface area contributed by atoms with Crippen molar-refractivity contribution >= 4 is 5.91 Å². The fraction of sp³-hybridized carbons (Fsp3) is 0.750. The third-order valence-electron chi connectivity index (χ3n) is 2.80. The van der Waals surface area contributed by atoms with Crippen LogP contribution in [0.1, 0.15) is 33.6 Å². The highest BCUT2D eigenvalue weighted by atomic mass is 19.1. The molecule has 0 bridgehead atoms. The van der Waals surface area contributed by atoms with Crippen molar-refractivity contribution in [2.24, 2.45) is 5.92 Å². The summed E-state index contributed by atoms with van der Waals surface area (Å²) in [7, 11) is 0. The quantitative estimate of drug-likeness (QED) is 0.660. The Morgan fingerprint density at radius 2 is 2.33 bits per heavy atom. The molecule has 0 aromatic carbocycles. The van der Waals surface area contributed by atoms with Crippen molar-refractivity contribution in [1.29, 1.82) is 0 Å². The molecule has 1 aliphatic heterocycles. The Morgan fingerprint density at radius 3 is 2.80 bits per heavy atom. The standard InChI is InChI=1S/C12H20FNO/c1-5-11(15)14-8-12(4,13)7-10(14)6-9(2)3/h5,9-10H,1,6-8H2,2-4H3. The molecule has 0 saturated carbocycles. The summed E-state index contributed by atoms with van der Waals surface area (Å²) >= 11 is 0. The van der Waals surface area contributed by atoms with Crippen LogP contribution in [-0.4, -0.2) is 29.1 Å². The minimum Gasteiger partial charge on any atom is -0.333 e. The number of likely N-dealkylation sites (tertiary alicyclic amines) is 1. The highest BCUT2D eigenvalue weighted by Gasteiger charge is 2.42. The molecule has 15 heavy (non-hydrogen) atoms. The molecule has 1 fully saturated rings. The lowest BCUT2D eigenvalue weighted by molar-refractivity contribution is -0.127. The fourth-order valence-electron chi connectivity index (χ4n) is 2.28. The van der Waals surface area contributed by atoms with E-state index in [9.17, 15) is 9.18 Å². The number of nitrogens with zero attached hydrogens (tertiary/aromatic N) is 1. The second kappa shape index (κ2) is 4.33. The summed E-state index contributed by atoms with van der Waals surface area (Å²) < 4.78 is 13.8. The van der Waals surface area contributed by atoms with Gasteiger partial charge in [-0.2, -0.15) is 0 Å². The molecular weight excluding hydrogens is 193 g/mol. The zero-order valence-corrected chi connectivity index (χ0v) is 9.79. The normalized spacial score (nSPS) is 31.0. The Balaban J connectivity index is 2.74. The van der Waals surface area contributed by atoms with E-state index in [0.29, 0.717) is 12.3 Å². The molecule has 2 unspecified atom stereocenters. The molecule has 2 nitrogen and oxygen atoms in total. The van der Waals surface area contributed by atoms with E-state index in [1.165, 1.54) is 6.08 Å². The van der Waals surface area contributed by atoms with Gasteiger partial charge in [0, 0.05) is 12.5 Å². The van der Waals surface area contributed by atoms with E-state index in [2.05, 4.69) is 20.4 Å². The van der Waals surface area contributed by atoms with Crippen LogP contribution in [0.4, 0.5) is 4.39 Å². The van der Waals surface area contributed by atoms with Crippen molar-refractivity contribution in [3.8, 4) is 0 Å². The highest BCUT2D eigenvalue weighted by molar-refractivity contribution is 5.87. The van der Waals surface area contributed by atoms with E-state index >= 15 is 0 Å². The Labute approximate surface area is 91.1 Å². The van der Waals surface area contributed by atoms with E-state index in [-0.39, 0.29) is 18.5 Å². The maximum absolute atomic E-state index is 13.8. The molecule has 0 aliphatic carbocycles. The Morgan fingerprint density at radius 1 is 1.73 bits per heavy atom. The molecule has 1 rings (SSSR count). The molecule has 1 aliphatic rings. The van der Waals surface area contributed by atoms with Gasteiger partial charge in [-0.25, -0.2) is 4.39 Å². The van der Waals surface area contributed by atoms with Gasteiger partial charge in [0.25, 0.3) is 0 Å². The average Bonchev–Trinajstić information content (AvgIpc) is 2.38. The fourth-order valence-corrected chi connectivity index (χ4v) is 2.28. The Hall–Kier alpha value is -0.860. The summed E-state index contributed by atoms with van der Waals surface area (Å²) in [6, 6.07) is 0.0329. The molecule has 1 amide bonds. The summed E-state index contributed by atoms with van der Waals surface area (Å²) in [6.07, 6.45) is 2.58. The first-order chi connectivity index (χ1) is 6.85. The number of hydrogen-bond acceptors (Lipinski definition) is 1. The average molecular weight is 213 g/mol. The second-order valence-electron chi connectivity index (χ2n) is 5.07. The van der Waals surface area contributed by atoms with Crippen molar-refractivity contribution in [2.45, 2.75) is 45.3 Å². The molecule has 0 aromatic heterocycles. The van der Waals surface area contributed by atoms with Crippen molar-refractivity contribution in [1.82, 2.24) is 4.90 Å². The zero-order chi connectivity index (χ0) is 11.6. The Bertz CT molecular complexity index is 260. The van der Waals surface area contributed by atoms with Gasteiger partial charge >= 0.3 is 0 Å². The molecule has 0 spiro atoms. The topological polar surface area (TPSA) is 20.3 Å². The van der Waals surface area contributed by atoms with Crippen LogP contribution in [0.25, 0.3) is 0 Å². The first-order valence-electron chi connectivity index (χ1n) is 5.47. The summed E-state index contributed by atoms with van der Waals surface area (Å²) in [5.74, 6) is 0.325. The van der Waals surface area contributed by atoms with E-state index < -0.39 is 5.67 Å². The van der Waals surface area contributed by atoms with Crippen LogP contribution in [0.15, 0.2) is 12.7 Å². The minimum absolute atomic E-state index is 0.0329. The number of alkyl halides is 1. The second-order valence-corrected chi connectivity index (χ2v) is 5.07. The number of halogens is 1.